The first-order valence-electron chi connectivity index (χ1n) is 6.46. The third-order valence-corrected chi connectivity index (χ3v) is 7.19. The predicted molar refractivity (Wildman–Crippen MR) is 74.7 cm³/mol. The maximum absolute atomic E-state index is 11.2. The molecule has 20 heavy (non-hydrogen) atoms. The van der Waals surface area contributed by atoms with E-state index in [9.17, 15) is 9.13 Å². The van der Waals surface area contributed by atoms with Crippen molar-refractivity contribution in [3.63, 3.8) is 0 Å². The third kappa shape index (κ3) is 7.50. The normalized spacial score (nSPS) is 13.1. The van der Waals surface area contributed by atoms with Gasteiger partial charge in [-0.2, -0.15) is 0 Å². The summed E-state index contributed by atoms with van der Waals surface area (Å²) in [4.78, 5) is 36.2. The molecule has 0 bridgehead atoms. The largest absolute Gasteiger partial charge is 1.00 e. The average molecular weight is 341 g/mol. The number of rotatable bonds is 10. The third-order valence-electron chi connectivity index (χ3n) is 3.16. The van der Waals surface area contributed by atoms with Crippen LogP contribution in [0.1, 0.15) is 59.7 Å². The minimum absolute atomic E-state index is 0. The van der Waals surface area contributed by atoms with E-state index in [1.54, 1.807) is 0 Å². The summed E-state index contributed by atoms with van der Waals surface area (Å²) in [6.45, 7) is 2.10. The molecule has 0 aliphatic rings. The zero-order chi connectivity index (χ0) is 15.2. The summed E-state index contributed by atoms with van der Waals surface area (Å²) in [7, 11) is -10.1. The second-order valence-electron chi connectivity index (χ2n) is 4.84. The average Bonchev–Trinajstić information content (AvgIpc) is 2.24. The number of unbranched alkanes of at least 4 members (excludes halogenated alkanes) is 6. The van der Waals surface area contributed by atoms with Gasteiger partial charge in [-0.25, -0.2) is 0 Å². The van der Waals surface area contributed by atoms with Gasteiger partial charge in [0.2, 0.25) is 5.02 Å². The Morgan fingerprint density at radius 1 is 0.900 bits per heavy atom. The quantitative estimate of drug-likeness (QED) is 0.199. The minimum Gasteiger partial charge on any atom is -1.00 e. The molecule has 0 spiro atoms. The van der Waals surface area contributed by atoms with Crippen LogP contribution in [0.2, 0.25) is 0 Å². The summed E-state index contributed by atoms with van der Waals surface area (Å²) < 4.78 is 22.4. The molecule has 0 heterocycles. The van der Waals surface area contributed by atoms with Gasteiger partial charge >= 0.3 is 44.7 Å². The molecule has 0 rings (SSSR count). The van der Waals surface area contributed by atoms with E-state index in [2.05, 4.69) is 6.92 Å². The first-order valence-corrected chi connectivity index (χ1v) is 9.69. The van der Waals surface area contributed by atoms with E-state index >= 15 is 0 Å². The van der Waals surface area contributed by atoms with Crippen molar-refractivity contribution in [2.24, 2.45) is 5.73 Å². The van der Waals surface area contributed by atoms with Crippen LogP contribution in [-0.4, -0.2) is 24.6 Å². The van der Waals surface area contributed by atoms with E-state index in [-0.39, 0.29) is 37.4 Å². The maximum Gasteiger partial charge on any atom is 1.00 e. The second kappa shape index (κ2) is 10.1. The van der Waals surface area contributed by atoms with Crippen LogP contribution < -0.4 is 35.3 Å². The van der Waals surface area contributed by atoms with Crippen LogP contribution in [-0.2, 0) is 9.13 Å². The summed E-state index contributed by atoms with van der Waals surface area (Å²) in [6.07, 6.45) is 5.82. The van der Waals surface area contributed by atoms with Gasteiger partial charge < -0.3 is 26.7 Å². The SMILES string of the molecule is CCCCCCCCCC(N)(P(=O)(O)O)P(=O)(O)O.[H-].[Na+]. The Balaban J connectivity index is -0.00000162. The monoisotopic (exact) mass is 341 g/mol. The van der Waals surface area contributed by atoms with E-state index in [1.165, 1.54) is 0 Å². The van der Waals surface area contributed by atoms with Gasteiger partial charge in [-0.3, -0.25) is 9.13 Å². The number of hydrogen-bond acceptors (Lipinski definition) is 3. The fourth-order valence-electron chi connectivity index (χ4n) is 1.80. The smallest absolute Gasteiger partial charge is 1.00 e. The van der Waals surface area contributed by atoms with Crippen LogP contribution in [0.4, 0.5) is 0 Å². The van der Waals surface area contributed by atoms with Crippen LogP contribution in [0.5, 0.6) is 0 Å². The molecule has 0 fully saturated rings. The van der Waals surface area contributed by atoms with E-state index in [4.69, 9.17) is 25.3 Å². The van der Waals surface area contributed by atoms with Crippen molar-refractivity contribution < 1.29 is 59.7 Å². The molecule has 0 amide bonds. The van der Waals surface area contributed by atoms with Gasteiger partial charge in [0.1, 0.15) is 0 Å². The molecule has 0 aromatic rings. The number of nitrogens with two attached hydrogens (primary N) is 1. The van der Waals surface area contributed by atoms with E-state index in [0.29, 0.717) is 12.8 Å². The van der Waals surface area contributed by atoms with Crippen molar-refractivity contribution >= 4 is 15.2 Å². The van der Waals surface area contributed by atoms with E-state index in [1.807, 2.05) is 0 Å². The standard InChI is InChI=1S/C10H25NO6P2.Na.H/c1-2-3-4-5-6-7-8-9-10(11,18(12,13)14)19(15,16)17;;/h2-9,11H2,1H3,(H2,12,13,14)(H2,15,16,17);;/q;+1;-1. The zero-order valence-corrected chi connectivity index (χ0v) is 16.0. The molecule has 0 saturated heterocycles. The Labute approximate surface area is 143 Å². The summed E-state index contributed by atoms with van der Waals surface area (Å²) in [5.74, 6) is 0. The van der Waals surface area contributed by atoms with Crippen molar-refractivity contribution in [3.05, 3.63) is 0 Å². The molecule has 10 heteroatoms. The summed E-state index contributed by atoms with van der Waals surface area (Å²) in [5, 5.41) is -2.75. The fraction of sp³-hybridized carbons (Fsp3) is 1.00. The minimum atomic E-state index is -5.06. The molecule has 0 aliphatic heterocycles. The molecular formula is C10H26NNaO6P2. The van der Waals surface area contributed by atoms with Crippen LogP contribution in [0, 0.1) is 0 Å². The Morgan fingerprint density at radius 2 is 1.25 bits per heavy atom. The predicted octanol–water partition coefficient (Wildman–Crippen LogP) is -0.788. The first-order chi connectivity index (χ1) is 8.56. The Bertz CT molecular complexity index is 339. The van der Waals surface area contributed by atoms with Crippen molar-refractivity contribution in [1.82, 2.24) is 0 Å². The van der Waals surface area contributed by atoms with Gasteiger partial charge in [0.25, 0.3) is 0 Å². The number of hydrogen-bond donors (Lipinski definition) is 5. The van der Waals surface area contributed by atoms with Crippen LogP contribution >= 0.6 is 15.2 Å². The molecule has 7 nitrogen and oxygen atoms in total. The maximum atomic E-state index is 11.2. The van der Waals surface area contributed by atoms with Crippen molar-refractivity contribution in [2.75, 3.05) is 0 Å². The van der Waals surface area contributed by atoms with Crippen LogP contribution in [0.15, 0.2) is 0 Å². The molecule has 0 aromatic heterocycles. The summed E-state index contributed by atoms with van der Waals surface area (Å²) in [6, 6.07) is 0. The molecule has 0 aliphatic carbocycles. The van der Waals surface area contributed by atoms with Crippen molar-refractivity contribution in [1.29, 1.82) is 0 Å². The Kier molecular flexibility index (Phi) is 11.9. The molecule has 0 aromatic carbocycles. The first kappa shape index (κ1) is 23.5. The van der Waals surface area contributed by atoms with Crippen LogP contribution in [0.25, 0.3) is 0 Å². The summed E-state index contributed by atoms with van der Waals surface area (Å²) >= 11 is 0. The van der Waals surface area contributed by atoms with Gasteiger partial charge in [-0.1, -0.05) is 51.9 Å². The zero-order valence-electron chi connectivity index (χ0n) is 13.2. The van der Waals surface area contributed by atoms with Gasteiger partial charge in [-0.15, -0.1) is 0 Å². The molecule has 118 valence electrons. The van der Waals surface area contributed by atoms with Crippen molar-refractivity contribution in [2.45, 2.75) is 63.3 Å². The Morgan fingerprint density at radius 3 is 1.60 bits per heavy atom. The van der Waals surface area contributed by atoms with Crippen LogP contribution in [0.3, 0.4) is 0 Å². The van der Waals surface area contributed by atoms with E-state index < -0.39 is 20.2 Å². The van der Waals surface area contributed by atoms with Crippen molar-refractivity contribution in [3.8, 4) is 0 Å². The van der Waals surface area contributed by atoms with Gasteiger partial charge in [0, 0.05) is 0 Å². The molecule has 6 N–H and O–H groups in total. The van der Waals surface area contributed by atoms with Gasteiger partial charge in [0.15, 0.2) is 0 Å². The second-order valence-corrected chi connectivity index (χ2v) is 8.96. The topological polar surface area (TPSA) is 141 Å². The Hall–Kier alpha value is 1.26. The van der Waals surface area contributed by atoms with E-state index in [0.717, 1.165) is 32.1 Å². The fourth-order valence-corrected chi connectivity index (χ4v) is 4.06. The molecule has 0 unspecified atom stereocenters. The molecular weight excluding hydrogens is 315 g/mol. The molecule has 0 atom stereocenters. The van der Waals surface area contributed by atoms with Gasteiger partial charge in [0.05, 0.1) is 0 Å². The molecule has 0 saturated carbocycles. The summed E-state index contributed by atoms with van der Waals surface area (Å²) in [5.41, 5.74) is 5.29. The molecule has 0 radical (unpaired) electrons. The van der Waals surface area contributed by atoms with Gasteiger partial charge in [-0.05, 0) is 6.42 Å².